The number of aryl methyl sites for hydroxylation is 1. The van der Waals surface area contributed by atoms with Crippen molar-refractivity contribution in [3.05, 3.63) is 29.3 Å². The summed E-state index contributed by atoms with van der Waals surface area (Å²) in [7, 11) is -1.80. The van der Waals surface area contributed by atoms with Gasteiger partial charge in [-0.2, -0.15) is 0 Å². The van der Waals surface area contributed by atoms with Crippen LogP contribution in [-0.4, -0.2) is 24.3 Å². The minimum Gasteiger partial charge on any atom is -0.508 e. The lowest BCUT2D eigenvalue weighted by atomic mass is 9.55. The van der Waals surface area contributed by atoms with Crippen LogP contribution in [0.25, 0.3) is 0 Å². The Morgan fingerprint density at radius 3 is 2.60 bits per heavy atom. The van der Waals surface area contributed by atoms with E-state index in [1.807, 2.05) is 12.1 Å². The summed E-state index contributed by atoms with van der Waals surface area (Å²) in [5.74, 6) is 1.19. The number of phenols is 1. The smallest absolute Gasteiger partial charge is 0.187 e. The van der Waals surface area contributed by atoms with E-state index in [-0.39, 0.29) is 5.41 Å². The van der Waals surface area contributed by atoms with Crippen LogP contribution in [0.1, 0.15) is 56.1 Å². The summed E-state index contributed by atoms with van der Waals surface area (Å²) >= 11 is 0. The van der Waals surface area contributed by atoms with E-state index >= 15 is 0 Å². The molecule has 1 aromatic rings. The summed E-state index contributed by atoms with van der Waals surface area (Å²) in [5.41, 5.74) is 2.65. The molecular weight excluding hydrogens is 328 g/mol. The van der Waals surface area contributed by atoms with Crippen molar-refractivity contribution in [1.82, 2.24) is 0 Å². The number of aromatic hydroxyl groups is 1. The Hall–Kier alpha value is -0.843. The maximum Gasteiger partial charge on any atom is 0.187 e. The van der Waals surface area contributed by atoms with Crippen molar-refractivity contribution < 1.29 is 14.6 Å². The zero-order valence-corrected chi connectivity index (χ0v) is 17.0. The van der Waals surface area contributed by atoms with E-state index in [1.54, 1.807) is 0 Å². The molecule has 4 heteroatoms. The molecule has 3 nitrogen and oxygen atoms in total. The highest BCUT2D eigenvalue weighted by Crippen LogP contribution is 2.64. The molecule has 25 heavy (non-hydrogen) atoms. The van der Waals surface area contributed by atoms with Gasteiger partial charge in [0, 0.05) is 11.8 Å². The largest absolute Gasteiger partial charge is 0.508 e. The standard InChI is InChI=1S/C21H32O3Si/c1-20-11-9-17-16-8-6-15(22)13-14(16)5-7-18(17)19(20)10-12-21(20,23)24-25(2,3)4/h6,8,13,17-19,22-23H,5,7,9-12H2,1-4H3/t17-,18-,19+,20+,21-/m1/s1. The van der Waals surface area contributed by atoms with Gasteiger partial charge in [-0.05, 0) is 92.8 Å². The van der Waals surface area contributed by atoms with Crippen LogP contribution in [0.4, 0.5) is 0 Å². The van der Waals surface area contributed by atoms with Gasteiger partial charge in [0.25, 0.3) is 0 Å². The third-order valence-corrected chi connectivity index (χ3v) is 8.21. The summed E-state index contributed by atoms with van der Waals surface area (Å²) < 4.78 is 6.38. The molecule has 0 aliphatic heterocycles. The van der Waals surface area contributed by atoms with E-state index in [0.29, 0.717) is 23.5 Å². The molecule has 5 atom stereocenters. The molecule has 3 aliphatic rings. The first kappa shape index (κ1) is 17.6. The predicted molar refractivity (Wildman–Crippen MR) is 102 cm³/mol. The highest BCUT2D eigenvalue weighted by molar-refractivity contribution is 6.69. The fourth-order valence-electron chi connectivity index (χ4n) is 6.22. The summed E-state index contributed by atoms with van der Waals surface area (Å²) in [4.78, 5) is 0. The van der Waals surface area contributed by atoms with Crippen molar-refractivity contribution in [3.63, 3.8) is 0 Å². The second kappa shape index (κ2) is 5.58. The van der Waals surface area contributed by atoms with E-state index < -0.39 is 14.1 Å². The van der Waals surface area contributed by atoms with Crippen LogP contribution in [0.5, 0.6) is 5.75 Å². The van der Waals surface area contributed by atoms with Crippen molar-refractivity contribution in [2.24, 2.45) is 17.3 Å². The van der Waals surface area contributed by atoms with Gasteiger partial charge in [0.05, 0.1) is 0 Å². The van der Waals surface area contributed by atoms with Crippen LogP contribution in [0.15, 0.2) is 18.2 Å². The average molecular weight is 361 g/mol. The molecule has 2 N–H and O–H groups in total. The molecule has 0 spiro atoms. The quantitative estimate of drug-likeness (QED) is 0.589. The van der Waals surface area contributed by atoms with Gasteiger partial charge in [-0.1, -0.05) is 13.0 Å². The molecule has 0 heterocycles. The molecule has 3 aliphatic carbocycles. The van der Waals surface area contributed by atoms with Gasteiger partial charge in [0.2, 0.25) is 0 Å². The molecule has 0 amide bonds. The summed E-state index contributed by atoms with van der Waals surface area (Å²) in [6.45, 7) is 8.82. The normalized spacial score (nSPS) is 40.3. The van der Waals surface area contributed by atoms with Gasteiger partial charge >= 0.3 is 0 Å². The molecule has 0 unspecified atom stereocenters. The number of fused-ring (bicyclic) bond motifs is 5. The number of hydrogen-bond donors (Lipinski definition) is 2. The maximum absolute atomic E-state index is 11.5. The minimum absolute atomic E-state index is 0.122. The molecule has 0 bridgehead atoms. The lowest BCUT2D eigenvalue weighted by Crippen LogP contribution is -2.55. The van der Waals surface area contributed by atoms with Crippen molar-refractivity contribution in [3.8, 4) is 5.75 Å². The molecule has 1 aromatic carbocycles. The number of phenolic OH excluding ortho intramolecular Hbond substituents is 1. The molecule has 2 fully saturated rings. The van der Waals surface area contributed by atoms with Crippen LogP contribution in [-0.2, 0) is 10.8 Å². The van der Waals surface area contributed by atoms with Gasteiger partial charge < -0.3 is 14.6 Å². The van der Waals surface area contributed by atoms with Gasteiger partial charge in [0.1, 0.15) is 5.75 Å². The number of hydrogen-bond acceptors (Lipinski definition) is 3. The van der Waals surface area contributed by atoms with Gasteiger partial charge in [-0.3, -0.25) is 0 Å². The first-order valence-corrected chi connectivity index (χ1v) is 13.3. The Labute approximate surface area is 152 Å². The van der Waals surface area contributed by atoms with Crippen molar-refractivity contribution in [1.29, 1.82) is 0 Å². The van der Waals surface area contributed by atoms with Crippen molar-refractivity contribution in [2.45, 2.75) is 76.8 Å². The van der Waals surface area contributed by atoms with E-state index in [0.717, 1.165) is 32.1 Å². The topological polar surface area (TPSA) is 49.7 Å². The molecule has 138 valence electrons. The van der Waals surface area contributed by atoms with Crippen LogP contribution in [0, 0.1) is 17.3 Å². The third kappa shape index (κ3) is 2.68. The van der Waals surface area contributed by atoms with Gasteiger partial charge in [-0.15, -0.1) is 0 Å². The highest BCUT2D eigenvalue weighted by Gasteiger charge is 2.63. The zero-order valence-electron chi connectivity index (χ0n) is 16.0. The lowest BCUT2D eigenvalue weighted by Gasteiger charge is -2.54. The molecule has 2 saturated carbocycles. The summed E-state index contributed by atoms with van der Waals surface area (Å²) in [5, 5.41) is 21.3. The highest BCUT2D eigenvalue weighted by atomic mass is 28.4. The Bertz CT molecular complexity index is 682. The second-order valence-electron chi connectivity index (χ2n) is 9.79. The van der Waals surface area contributed by atoms with Crippen molar-refractivity contribution in [2.75, 3.05) is 0 Å². The van der Waals surface area contributed by atoms with E-state index in [2.05, 4.69) is 32.6 Å². The Balaban J connectivity index is 1.65. The fraction of sp³-hybridized carbons (Fsp3) is 0.714. The Kier molecular flexibility index (Phi) is 3.92. The zero-order chi connectivity index (χ0) is 18.0. The number of benzene rings is 1. The lowest BCUT2D eigenvalue weighted by molar-refractivity contribution is -0.228. The van der Waals surface area contributed by atoms with Crippen LogP contribution in [0.3, 0.4) is 0 Å². The fourth-order valence-corrected chi connectivity index (χ4v) is 7.57. The van der Waals surface area contributed by atoms with Crippen LogP contribution in [0.2, 0.25) is 19.6 Å². The van der Waals surface area contributed by atoms with Gasteiger partial charge in [0.15, 0.2) is 14.1 Å². The summed E-state index contributed by atoms with van der Waals surface area (Å²) in [6.07, 6.45) is 6.22. The first-order valence-electron chi connectivity index (χ1n) is 9.87. The summed E-state index contributed by atoms with van der Waals surface area (Å²) in [6, 6.07) is 5.94. The molecule has 0 radical (unpaired) electrons. The first-order chi connectivity index (χ1) is 11.6. The van der Waals surface area contributed by atoms with Crippen molar-refractivity contribution >= 4 is 8.32 Å². The monoisotopic (exact) mass is 360 g/mol. The Morgan fingerprint density at radius 1 is 1.12 bits per heavy atom. The van der Waals surface area contributed by atoms with Crippen LogP contribution >= 0.6 is 0 Å². The molecule has 0 saturated heterocycles. The number of rotatable bonds is 2. The third-order valence-electron chi connectivity index (χ3n) is 7.26. The number of aliphatic hydroxyl groups is 1. The van der Waals surface area contributed by atoms with Crippen LogP contribution < -0.4 is 0 Å². The maximum atomic E-state index is 11.5. The van der Waals surface area contributed by atoms with E-state index in [9.17, 15) is 10.2 Å². The molecular formula is C21H32O3Si. The van der Waals surface area contributed by atoms with Gasteiger partial charge in [-0.25, -0.2) is 0 Å². The predicted octanol–water partition coefficient (Wildman–Crippen LogP) is 4.79. The Morgan fingerprint density at radius 2 is 1.88 bits per heavy atom. The molecule has 4 rings (SSSR count). The van der Waals surface area contributed by atoms with E-state index in [4.69, 9.17) is 4.43 Å². The minimum atomic E-state index is -1.80. The molecule has 0 aromatic heterocycles. The second-order valence-corrected chi connectivity index (χ2v) is 14.2. The SMILES string of the molecule is C[C@]12CC[C@@H]3c4ccc(O)cc4CC[C@H]3[C@@H]1CC[C@@]2(O)O[Si](C)(C)C. The van der Waals surface area contributed by atoms with E-state index in [1.165, 1.54) is 17.5 Å². The average Bonchev–Trinajstić information content (AvgIpc) is 2.76.